The van der Waals surface area contributed by atoms with Crippen LogP contribution in [0.4, 0.5) is 5.69 Å². The molecular weight excluding hydrogens is 468 g/mol. The van der Waals surface area contributed by atoms with Gasteiger partial charge in [-0.2, -0.15) is 0 Å². The average molecular weight is 502 g/mol. The summed E-state index contributed by atoms with van der Waals surface area (Å²) in [6, 6.07) is 21.2. The van der Waals surface area contributed by atoms with Gasteiger partial charge in [0.25, 0.3) is 5.91 Å². The third kappa shape index (κ3) is 5.74. The first-order valence-electron chi connectivity index (χ1n) is 12.3. The first kappa shape index (κ1) is 25.8. The molecule has 8 heteroatoms. The van der Waals surface area contributed by atoms with Crippen LogP contribution < -0.4 is 25.1 Å². The van der Waals surface area contributed by atoms with Gasteiger partial charge in [-0.15, -0.1) is 10.1 Å². The highest BCUT2D eigenvalue weighted by molar-refractivity contribution is 5.98. The van der Waals surface area contributed by atoms with Crippen LogP contribution in [0, 0.1) is 0 Å². The quantitative estimate of drug-likeness (QED) is 0.438. The van der Waals surface area contributed by atoms with Crippen LogP contribution in [0.1, 0.15) is 41.4 Å². The molecule has 1 aliphatic rings. The molecule has 2 N–H and O–H groups in total. The Labute approximate surface area is 217 Å². The second-order valence-electron chi connectivity index (χ2n) is 8.67. The fourth-order valence-electron chi connectivity index (χ4n) is 4.47. The fraction of sp³-hybridized carbons (Fsp3) is 0.276. The minimum atomic E-state index is -0.811. The second-order valence-corrected chi connectivity index (χ2v) is 8.67. The number of rotatable bonds is 9. The highest BCUT2D eigenvalue weighted by atomic mass is 16.5. The summed E-state index contributed by atoms with van der Waals surface area (Å²) >= 11 is 0. The third-order valence-corrected chi connectivity index (χ3v) is 6.54. The zero-order chi connectivity index (χ0) is 26.4. The number of benzene rings is 3. The summed E-state index contributed by atoms with van der Waals surface area (Å²) in [6.07, 6.45) is 1.89. The number of nitrogens with zero attached hydrogens (tertiary/aromatic N) is 2. The lowest BCUT2D eigenvalue weighted by Gasteiger charge is -2.20. The Kier molecular flexibility index (Phi) is 8.08. The lowest BCUT2D eigenvalue weighted by atomic mass is 9.99. The molecule has 0 radical (unpaired) electrons. The van der Waals surface area contributed by atoms with Crippen molar-refractivity contribution in [1.82, 2.24) is 10.7 Å². The van der Waals surface area contributed by atoms with Crippen molar-refractivity contribution in [2.24, 2.45) is 0 Å². The molecule has 3 aromatic carbocycles. The highest BCUT2D eigenvalue weighted by Crippen LogP contribution is 2.27. The van der Waals surface area contributed by atoms with Gasteiger partial charge in [0.1, 0.15) is 11.5 Å². The Morgan fingerprint density at radius 1 is 0.919 bits per heavy atom. The molecule has 0 spiro atoms. The molecule has 1 fully saturated rings. The Bertz CT molecular complexity index is 1250. The number of anilines is 1. The minimum Gasteiger partial charge on any atom is -0.497 e. The standard InChI is InChI=1S/C29H32N4O4/c1-5-32(6-2)23-13-7-20(8-14-23)19-33-27(21-9-15-24(36-3)16-10-21)26(29(35)31-33)30-28(34)22-11-17-25(37-4)18-12-22/h7-19,26-27H,5-6H2,1-4H3,(H-,30,31,34,35)/p+1/t26-,27-/m1/s1. The van der Waals surface area contributed by atoms with E-state index in [1.165, 1.54) is 0 Å². The molecular formula is C29H33N4O4+. The maximum Gasteiger partial charge on any atom is 0.304 e. The van der Waals surface area contributed by atoms with Gasteiger partial charge in [-0.25, -0.2) is 0 Å². The summed E-state index contributed by atoms with van der Waals surface area (Å²) < 4.78 is 12.2. The fourth-order valence-corrected chi connectivity index (χ4v) is 4.47. The maximum atomic E-state index is 13.1. The van der Waals surface area contributed by atoms with Gasteiger partial charge in [-0.3, -0.25) is 9.59 Å². The van der Waals surface area contributed by atoms with Gasteiger partial charge in [-0.05, 0) is 86.6 Å². The molecule has 192 valence electrons. The molecule has 1 aliphatic heterocycles. The summed E-state index contributed by atoms with van der Waals surface area (Å²) in [5, 5.41) is 2.92. The summed E-state index contributed by atoms with van der Waals surface area (Å²) in [5.41, 5.74) is 6.29. The van der Waals surface area contributed by atoms with Crippen molar-refractivity contribution >= 4 is 23.7 Å². The molecule has 2 amide bonds. The number of hydrogen-bond donors (Lipinski definition) is 2. The first-order chi connectivity index (χ1) is 18.0. The molecule has 8 nitrogen and oxygen atoms in total. The largest absolute Gasteiger partial charge is 0.497 e. The van der Waals surface area contributed by atoms with E-state index >= 15 is 0 Å². The number of ether oxygens (including phenoxy) is 2. The van der Waals surface area contributed by atoms with Gasteiger partial charge in [-0.1, -0.05) is 0 Å². The van der Waals surface area contributed by atoms with Gasteiger partial charge >= 0.3 is 5.91 Å². The van der Waals surface area contributed by atoms with E-state index in [9.17, 15) is 9.59 Å². The minimum absolute atomic E-state index is 0.293. The molecule has 0 bridgehead atoms. The number of hydrazine groups is 1. The lowest BCUT2D eigenvalue weighted by Crippen LogP contribution is -2.42. The first-order valence-corrected chi connectivity index (χ1v) is 12.3. The predicted octanol–water partition coefficient (Wildman–Crippen LogP) is 3.57. The molecule has 0 unspecified atom stereocenters. The molecule has 2 atom stereocenters. The number of carbonyl (C=O) groups excluding carboxylic acids is 2. The van der Waals surface area contributed by atoms with Crippen molar-refractivity contribution in [1.29, 1.82) is 0 Å². The topological polar surface area (TPSA) is 82.9 Å². The van der Waals surface area contributed by atoms with Gasteiger partial charge in [0.15, 0.2) is 6.04 Å². The third-order valence-electron chi connectivity index (χ3n) is 6.54. The van der Waals surface area contributed by atoms with E-state index in [0.717, 1.165) is 29.9 Å². The van der Waals surface area contributed by atoms with E-state index in [0.29, 0.717) is 17.1 Å². The van der Waals surface area contributed by atoms with E-state index in [4.69, 9.17) is 9.47 Å². The van der Waals surface area contributed by atoms with Crippen molar-refractivity contribution in [3.8, 4) is 11.5 Å². The molecule has 1 saturated heterocycles. The van der Waals surface area contributed by atoms with Crippen LogP contribution in [-0.4, -0.2) is 56.1 Å². The Balaban J connectivity index is 1.65. The molecule has 3 aromatic rings. The number of amides is 2. The van der Waals surface area contributed by atoms with E-state index in [2.05, 4.69) is 41.6 Å². The molecule has 1 heterocycles. The van der Waals surface area contributed by atoms with Crippen molar-refractivity contribution in [2.75, 3.05) is 32.2 Å². The van der Waals surface area contributed by atoms with Crippen LogP contribution in [0.25, 0.3) is 0 Å². The van der Waals surface area contributed by atoms with Crippen molar-refractivity contribution in [3.05, 3.63) is 89.5 Å². The van der Waals surface area contributed by atoms with Gasteiger partial charge in [0.05, 0.1) is 14.2 Å². The van der Waals surface area contributed by atoms with Crippen LogP contribution >= 0.6 is 0 Å². The van der Waals surface area contributed by atoms with Crippen LogP contribution in [-0.2, 0) is 4.79 Å². The van der Waals surface area contributed by atoms with Crippen LogP contribution in [0.3, 0.4) is 0 Å². The van der Waals surface area contributed by atoms with Crippen LogP contribution in [0.2, 0.25) is 0 Å². The highest BCUT2D eigenvalue weighted by Gasteiger charge is 2.47. The molecule has 0 aromatic heterocycles. The van der Waals surface area contributed by atoms with Crippen molar-refractivity contribution in [2.45, 2.75) is 25.9 Å². The summed E-state index contributed by atoms with van der Waals surface area (Å²) in [6.45, 7) is 6.11. The number of methoxy groups -OCH3 is 2. The van der Waals surface area contributed by atoms with Gasteiger partial charge in [0, 0.05) is 35.5 Å². The zero-order valence-corrected chi connectivity index (χ0v) is 21.6. The predicted molar refractivity (Wildman–Crippen MR) is 144 cm³/mol. The maximum absolute atomic E-state index is 13.1. The molecule has 0 aliphatic carbocycles. The SMILES string of the molecule is CCN(CC)c1ccc(/C=[N+]2\NC(=O)[C@H](NC(=O)c3ccc(OC)cc3)[C@H]2c2ccc(OC)cc2)cc1. The zero-order valence-electron chi connectivity index (χ0n) is 21.6. The van der Waals surface area contributed by atoms with Crippen LogP contribution in [0.5, 0.6) is 11.5 Å². The van der Waals surface area contributed by atoms with E-state index < -0.39 is 12.1 Å². The molecule has 4 rings (SSSR count). The van der Waals surface area contributed by atoms with E-state index in [1.54, 1.807) is 43.2 Å². The molecule has 0 saturated carbocycles. The number of nitrogens with one attached hydrogen (secondary N) is 2. The Hall–Kier alpha value is -4.33. The summed E-state index contributed by atoms with van der Waals surface area (Å²) in [4.78, 5) is 28.5. The second kappa shape index (κ2) is 11.6. The number of hydrazone groups is 1. The number of carbonyl (C=O) groups is 2. The van der Waals surface area contributed by atoms with Crippen molar-refractivity contribution < 1.29 is 23.7 Å². The van der Waals surface area contributed by atoms with Gasteiger partial charge in [0.2, 0.25) is 12.3 Å². The normalized spacial score (nSPS) is 17.8. The van der Waals surface area contributed by atoms with Crippen molar-refractivity contribution in [3.63, 3.8) is 0 Å². The van der Waals surface area contributed by atoms with E-state index in [-0.39, 0.29) is 11.8 Å². The summed E-state index contributed by atoms with van der Waals surface area (Å²) in [7, 11) is 3.18. The lowest BCUT2D eigenvalue weighted by molar-refractivity contribution is -0.596. The smallest absolute Gasteiger partial charge is 0.304 e. The van der Waals surface area contributed by atoms with Crippen LogP contribution in [0.15, 0.2) is 72.8 Å². The monoisotopic (exact) mass is 501 g/mol. The Morgan fingerprint density at radius 2 is 1.49 bits per heavy atom. The summed E-state index contributed by atoms with van der Waals surface area (Å²) in [5.74, 6) is 0.729. The molecule has 37 heavy (non-hydrogen) atoms. The van der Waals surface area contributed by atoms with E-state index in [1.807, 2.05) is 42.6 Å². The Morgan fingerprint density at radius 3 is 2.03 bits per heavy atom. The number of hydrogen-bond acceptors (Lipinski definition) is 5. The van der Waals surface area contributed by atoms with Gasteiger partial charge < -0.3 is 19.7 Å². The average Bonchev–Trinajstić information content (AvgIpc) is 3.24.